The standard InChI is InChI=1S/C20H32N2/c1-17(2,3)19(13-9-10-14-19)21(7)22(8)20(18(4,5)6)15-11-12-16-20/h9-16H,1-8H3. The zero-order valence-electron chi connectivity index (χ0n) is 15.5. The molecule has 2 aliphatic carbocycles. The van der Waals surface area contributed by atoms with Crippen LogP contribution in [0.2, 0.25) is 0 Å². The van der Waals surface area contributed by atoms with Gasteiger partial charge in [-0.25, -0.2) is 10.0 Å². The summed E-state index contributed by atoms with van der Waals surface area (Å²) in [5.74, 6) is 0. The van der Waals surface area contributed by atoms with E-state index in [2.05, 4.69) is 114 Å². The Morgan fingerprint density at radius 3 is 0.955 bits per heavy atom. The number of nitrogens with zero attached hydrogens (tertiary/aromatic N) is 2. The summed E-state index contributed by atoms with van der Waals surface area (Å²) in [7, 11) is 4.41. The van der Waals surface area contributed by atoms with Crippen LogP contribution in [0, 0.1) is 10.8 Å². The van der Waals surface area contributed by atoms with Crippen LogP contribution in [0.15, 0.2) is 48.6 Å². The molecule has 0 heterocycles. The molecule has 0 saturated heterocycles. The van der Waals surface area contributed by atoms with Crippen molar-refractivity contribution in [3.05, 3.63) is 48.6 Å². The molecule has 0 aromatic heterocycles. The fraction of sp³-hybridized carbons (Fsp3) is 0.600. The molecule has 2 rings (SSSR count). The molecule has 0 radical (unpaired) electrons. The highest BCUT2D eigenvalue weighted by atomic mass is 15.7. The maximum atomic E-state index is 2.40. The third kappa shape index (κ3) is 2.33. The molecule has 0 unspecified atom stereocenters. The first-order valence-electron chi connectivity index (χ1n) is 8.20. The van der Waals surface area contributed by atoms with E-state index in [-0.39, 0.29) is 21.9 Å². The molecule has 0 fully saturated rings. The van der Waals surface area contributed by atoms with Crippen molar-refractivity contribution < 1.29 is 0 Å². The molecule has 0 atom stereocenters. The Kier molecular flexibility index (Phi) is 4.08. The summed E-state index contributed by atoms with van der Waals surface area (Å²) in [5.41, 5.74) is -0.0101. The second-order valence-electron chi connectivity index (χ2n) is 8.63. The number of hydrogen-bond acceptors (Lipinski definition) is 2. The van der Waals surface area contributed by atoms with Crippen LogP contribution in [0.3, 0.4) is 0 Å². The van der Waals surface area contributed by atoms with Gasteiger partial charge in [0.1, 0.15) is 0 Å². The number of hydrazine groups is 1. The second-order valence-corrected chi connectivity index (χ2v) is 8.63. The van der Waals surface area contributed by atoms with Gasteiger partial charge in [-0.15, -0.1) is 0 Å². The van der Waals surface area contributed by atoms with E-state index in [1.54, 1.807) is 0 Å². The average Bonchev–Trinajstić information content (AvgIpc) is 3.05. The lowest BCUT2D eigenvalue weighted by Crippen LogP contribution is -2.66. The Hall–Kier alpha value is -1.12. The van der Waals surface area contributed by atoms with Crippen molar-refractivity contribution in [2.75, 3.05) is 14.1 Å². The van der Waals surface area contributed by atoms with Crippen molar-refractivity contribution in [1.29, 1.82) is 0 Å². The lowest BCUT2D eigenvalue weighted by molar-refractivity contribution is -0.132. The van der Waals surface area contributed by atoms with Crippen LogP contribution in [-0.4, -0.2) is 35.2 Å². The largest absolute Gasteiger partial charge is 0.230 e. The normalized spacial score (nSPS) is 22.5. The van der Waals surface area contributed by atoms with E-state index in [0.29, 0.717) is 0 Å². The molecule has 0 aromatic rings. The van der Waals surface area contributed by atoms with E-state index in [4.69, 9.17) is 0 Å². The van der Waals surface area contributed by atoms with E-state index in [1.807, 2.05) is 0 Å². The topological polar surface area (TPSA) is 6.48 Å². The lowest BCUT2D eigenvalue weighted by atomic mass is 9.72. The molecule has 0 bridgehead atoms. The van der Waals surface area contributed by atoms with Gasteiger partial charge in [0.05, 0.1) is 11.1 Å². The molecule has 0 aromatic carbocycles. The molecular weight excluding hydrogens is 268 g/mol. The van der Waals surface area contributed by atoms with Gasteiger partial charge in [-0.3, -0.25) is 0 Å². The quantitative estimate of drug-likeness (QED) is 0.704. The molecule has 22 heavy (non-hydrogen) atoms. The third-order valence-corrected chi connectivity index (χ3v) is 5.55. The monoisotopic (exact) mass is 300 g/mol. The highest BCUT2D eigenvalue weighted by Gasteiger charge is 2.50. The number of hydrogen-bond donors (Lipinski definition) is 0. The van der Waals surface area contributed by atoms with Crippen molar-refractivity contribution >= 4 is 0 Å². The number of rotatable bonds is 3. The first-order valence-corrected chi connectivity index (χ1v) is 8.20. The predicted molar refractivity (Wildman–Crippen MR) is 96.5 cm³/mol. The van der Waals surface area contributed by atoms with Crippen LogP contribution in [0.25, 0.3) is 0 Å². The van der Waals surface area contributed by atoms with Gasteiger partial charge in [-0.05, 0) is 10.8 Å². The molecule has 122 valence electrons. The van der Waals surface area contributed by atoms with Crippen molar-refractivity contribution in [3.63, 3.8) is 0 Å². The van der Waals surface area contributed by atoms with Crippen LogP contribution in [-0.2, 0) is 0 Å². The minimum Gasteiger partial charge on any atom is -0.230 e. The Balaban J connectivity index is 2.46. The average molecular weight is 300 g/mol. The maximum Gasteiger partial charge on any atom is 0.0767 e. The fourth-order valence-corrected chi connectivity index (χ4v) is 3.82. The van der Waals surface area contributed by atoms with Gasteiger partial charge < -0.3 is 0 Å². The van der Waals surface area contributed by atoms with Gasteiger partial charge in [-0.1, -0.05) is 90.2 Å². The molecule has 2 aliphatic rings. The van der Waals surface area contributed by atoms with E-state index >= 15 is 0 Å². The minimum absolute atomic E-state index is 0.102. The summed E-state index contributed by atoms with van der Waals surface area (Å²) >= 11 is 0. The van der Waals surface area contributed by atoms with Crippen LogP contribution < -0.4 is 0 Å². The van der Waals surface area contributed by atoms with Crippen LogP contribution in [0.1, 0.15) is 41.5 Å². The summed E-state index contributed by atoms with van der Waals surface area (Å²) in [6.07, 6.45) is 18.0. The molecule has 0 saturated carbocycles. The fourth-order valence-electron chi connectivity index (χ4n) is 3.82. The third-order valence-electron chi connectivity index (χ3n) is 5.55. The minimum atomic E-state index is -0.107. The first-order chi connectivity index (χ1) is 9.98. The second kappa shape index (κ2) is 5.21. The SMILES string of the molecule is CN(N(C)C1(C(C)(C)C)C=CC=C1)C1(C(C)(C)C)C=CC=C1. The van der Waals surface area contributed by atoms with E-state index in [9.17, 15) is 0 Å². The molecule has 0 spiro atoms. The first kappa shape index (κ1) is 17.2. The van der Waals surface area contributed by atoms with Crippen molar-refractivity contribution in [2.45, 2.75) is 52.6 Å². The lowest BCUT2D eigenvalue weighted by Gasteiger charge is -2.56. The Labute approximate surface area is 136 Å². The zero-order valence-corrected chi connectivity index (χ0v) is 15.5. The highest BCUT2D eigenvalue weighted by molar-refractivity contribution is 5.36. The Bertz CT molecular complexity index is 461. The van der Waals surface area contributed by atoms with Crippen molar-refractivity contribution in [1.82, 2.24) is 10.0 Å². The van der Waals surface area contributed by atoms with Crippen LogP contribution in [0.5, 0.6) is 0 Å². The van der Waals surface area contributed by atoms with Gasteiger partial charge >= 0.3 is 0 Å². The molecule has 0 amide bonds. The van der Waals surface area contributed by atoms with Gasteiger partial charge in [0, 0.05) is 14.1 Å². The van der Waals surface area contributed by atoms with Crippen molar-refractivity contribution in [2.24, 2.45) is 10.8 Å². The predicted octanol–water partition coefficient (Wildman–Crippen LogP) is 4.59. The smallest absolute Gasteiger partial charge is 0.0767 e. The Morgan fingerprint density at radius 1 is 0.545 bits per heavy atom. The molecule has 2 nitrogen and oxygen atoms in total. The highest BCUT2D eigenvalue weighted by Crippen LogP contribution is 2.46. The number of allylic oxidation sites excluding steroid dienone is 4. The molecule has 0 N–H and O–H groups in total. The summed E-state index contributed by atoms with van der Waals surface area (Å²) in [6, 6.07) is 0. The number of likely N-dealkylation sites (N-methyl/N-ethyl adjacent to an activating group) is 2. The van der Waals surface area contributed by atoms with Gasteiger partial charge in [0.2, 0.25) is 0 Å². The van der Waals surface area contributed by atoms with Gasteiger partial charge in [0.25, 0.3) is 0 Å². The molecule has 0 aliphatic heterocycles. The summed E-state index contributed by atoms with van der Waals surface area (Å²) in [6.45, 7) is 13.8. The molecular formula is C20H32N2. The van der Waals surface area contributed by atoms with Crippen LogP contribution >= 0.6 is 0 Å². The summed E-state index contributed by atoms with van der Waals surface area (Å²) in [5, 5.41) is 4.80. The van der Waals surface area contributed by atoms with Crippen LogP contribution in [0.4, 0.5) is 0 Å². The van der Waals surface area contributed by atoms with Gasteiger partial charge in [0.15, 0.2) is 0 Å². The Morgan fingerprint density at radius 2 is 0.773 bits per heavy atom. The van der Waals surface area contributed by atoms with E-state index in [0.717, 1.165) is 0 Å². The van der Waals surface area contributed by atoms with E-state index < -0.39 is 0 Å². The van der Waals surface area contributed by atoms with Crippen molar-refractivity contribution in [3.8, 4) is 0 Å². The van der Waals surface area contributed by atoms with Gasteiger partial charge in [-0.2, -0.15) is 0 Å². The zero-order chi connectivity index (χ0) is 16.8. The summed E-state index contributed by atoms with van der Waals surface area (Å²) < 4.78 is 0. The van der Waals surface area contributed by atoms with E-state index in [1.165, 1.54) is 0 Å². The summed E-state index contributed by atoms with van der Waals surface area (Å²) in [4.78, 5) is 0. The maximum absolute atomic E-state index is 2.40. The molecule has 2 heteroatoms.